The predicted molar refractivity (Wildman–Crippen MR) is 101 cm³/mol. The van der Waals surface area contributed by atoms with Crippen LogP contribution in [0.2, 0.25) is 0 Å². The number of carbonyl (C=O) groups excluding carboxylic acids is 1. The smallest absolute Gasteiger partial charge is 0.418 e. The first-order chi connectivity index (χ1) is 13.9. The Morgan fingerprint density at radius 3 is 2.72 bits per heavy atom. The van der Waals surface area contributed by atoms with Crippen LogP contribution in [0.5, 0.6) is 5.88 Å². The Hall–Kier alpha value is -3.36. The summed E-state index contributed by atoms with van der Waals surface area (Å²) in [5.74, 6) is 0.387. The number of para-hydroxylation sites is 1. The standard InChI is InChI=1S/C20H19F3N4O2/c1-2-29-18-12-14(13-24-27(18)15-8-4-3-5-9-15)25-19(28)26-17-11-7-6-10-16(17)20(21,22)23/h4-13,15H,2-3H2,1H3,(H,26,28). The van der Waals surface area contributed by atoms with Crippen molar-refractivity contribution in [2.75, 3.05) is 11.9 Å². The van der Waals surface area contributed by atoms with Crippen LogP contribution in [0.4, 0.5) is 23.7 Å². The van der Waals surface area contributed by atoms with Gasteiger partial charge in [-0.1, -0.05) is 36.4 Å². The van der Waals surface area contributed by atoms with Gasteiger partial charge in [-0.15, -0.1) is 0 Å². The molecule has 1 aromatic heterocycles. The van der Waals surface area contributed by atoms with Crippen molar-refractivity contribution in [1.29, 1.82) is 0 Å². The number of nitrogens with zero attached hydrogens (tertiary/aromatic N) is 3. The van der Waals surface area contributed by atoms with E-state index in [1.165, 1.54) is 30.5 Å². The SMILES string of the molecule is CCOc1cc(=NC(=O)Nc2ccccc2C(F)(F)F)cnn1C1C=CCC=C1. The first kappa shape index (κ1) is 20.4. The van der Waals surface area contributed by atoms with E-state index >= 15 is 0 Å². The third kappa shape index (κ3) is 5.13. The van der Waals surface area contributed by atoms with Crippen LogP contribution in [0.1, 0.15) is 24.9 Å². The molecule has 6 nitrogen and oxygen atoms in total. The molecule has 0 aliphatic heterocycles. The fourth-order valence-corrected chi connectivity index (χ4v) is 2.79. The molecule has 9 heteroatoms. The van der Waals surface area contributed by atoms with Gasteiger partial charge >= 0.3 is 12.2 Å². The fourth-order valence-electron chi connectivity index (χ4n) is 2.79. The highest BCUT2D eigenvalue weighted by Gasteiger charge is 2.33. The van der Waals surface area contributed by atoms with Gasteiger partial charge in [-0.2, -0.15) is 23.3 Å². The van der Waals surface area contributed by atoms with Crippen LogP contribution >= 0.6 is 0 Å². The van der Waals surface area contributed by atoms with Gasteiger partial charge in [-0.05, 0) is 25.5 Å². The number of anilines is 1. The Morgan fingerprint density at radius 2 is 2.03 bits per heavy atom. The molecule has 3 rings (SSSR count). The van der Waals surface area contributed by atoms with Gasteiger partial charge in [-0.3, -0.25) is 0 Å². The number of nitrogens with one attached hydrogen (secondary N) is 1. The molecule has 0 radical (unpaired) electrons. The molecule has 1 N–H and O–H groups in total. The number of carbonyl (C=O) groups is 1. The average molecular weight is 404 g/mol. The Balaban J connectivity index is 1.88. The van der Waals surface area contributed by atoms with Crippen molar-refractivity contribution < 1.29 is 22.7 Å². The molecule has 152 valence electrons. The van der Waals surface area contributed by atoms with Crippen LogP contribution in [-0.2, 0) is 6.18 Å². The van der Waals surface area contributed by atoms with Crippen LogP contribution < -0.4 is 15.4 Å². The number of aromatic nitrogens is 2. The average Bonchev–Trinajstić information content (AvgIpc) is 2.69. The molecule has 0 spiro atoms. The summed E-state index contributed by atoms with van der Waals surface area (Å²) in [7, 11) is 0. The molecular weight excluding hydrogens is 385 g/mol. The van der Waals surface area contributed by atoms with E-state index in [1.54, 1.807) is 4.68 Å². The summed E-state index contributed by atoms with van der Waals surface area (Å²) in [6.45, 7) is 2.18. The number of hydrogen-bond donors (Lipinski definition) is 1. The number of hydrogen-bond acceptors (Lipinski definition) is 3. The highest BCUT2D eigenvalue weighted by molar-refractivity contribution is 5.90. The summed E-state index contributed by atoms with van der Waals surface area (Å²) in [6.07, 6.45) is 5.53. The van der Waals surface area contributed by atoms with Gasteiger partial charge in [0.1, 0.15) is 0 Å². The van der Waals surface area contributed by atoms with Gasteiger partial charge in [0.05, 0.1) is 35.5 Å². The normalized spacial score (nSPS) is 14.8. The molecule has 0 atom stereocenters. The van der Waals surface area contributed by atoms with E-state index in [0.29, 0.717) is 12.5 Å². The topological polar surface area (TPSA) is 68.5 Å². The molecule has 0 unspecified atom stereocenters. The number of urea groups is 1. The maximum absolute atomic E-state index is 13.1. The monoisotopic (exact) mass is 404 g/mol. The lowest BCUT2D eigenvalue weighted by atomic mass is 10.1. The maximum Gasteiger partial charge on any atom is 0.418 e. The van der Waals surface area contributed by atoms with Crippen molar-refractivity contribution in [2.24, 2.45) is 4.99 Å². The van der Waals surface area contributed by atoms with Crippen LogP contribution in [0.3, 0.4) is 0 Å². The highest BCUT2D eigenvalue weighted by atomic mass is 19.4. The number of ether oxygens (including phenoxy) is 1. The summed E-state index contributed by atoms with van der Waals surface area (Å²) in [5, 5.41) is 6.61. The first-order valence-electron chi connectivity index (χ1n) is 8.95. The van der Waals surface area contributed by atoms with E-state index in [9.17, 15) is 18.0 Å². The molecule has 1 aromatic carbocycles. The predicted octanol–water partition coefficient (Wildman–Crippen LogP) is 4.49. The van der Waals surface area contributed by atoms with Gasteiger partial charge in [0.25, 0.3) is 0 Å². The third-order valence-electron chi connectivity index (χ3n) is 4.03. The highest BCUT2D eigenvalue weighted by Crippen LogP contribution is 2.34. The van der Waals surface area contributed by atoms with Gasteiger partial charge in [0.2, 0.25) is 5.88 Å². The summed E-state index contributed by atoms with van der Waals surface area (Å²) >= 11 is 0. The lowest BCUT2D eigenvalue weighted by molar-refractivity contribution is -0.136. The molecule has 0 saturated heterocycles. The van der Waals surface area contributed by atoms with Crippen LogP contribution in [0.15, 0.2) is 65.8 Å². The summed E-state index contributed by atoms with van der Waals surface area (Å²) < 4.78 is 46.4. The van der Waals surface area contributed by atoms with E-state index in [4.69, 9.17) is 4.74 Å². The number of alkyl halides is 3. The summed E-state index contributed by atoms with van der Waals surface area (Å²) in [4.78, 5) is 16.0. The van der Waals surface area contributed by atoms with E-state index < -0.39 is 17.8 Å². The van der Waals surface area contributed by atoms with Crippen molar-refractivity contribution in [3.05, 3.63) is 71.8 Å². The molecule has 1 aliphatic rings. The molecular formula is C20H19F3N4O2. The zero-order valence-electron chi connectivity index (χ0n) is 15.6. The van der Waals surface area contributed by atoms with E-state index in [0.717, 1.165) is 12.5 Å². The minimum atomic E-state index is -4.59. The van der Waals surface area contributed by atoms with Gasteiger partial charge < -0.3 is 10.1 Å². The summed E-state index contributed by atoms with van der Waals surface area (Å²) in [5.41, 5.74) is -1.31. The number of rotatable bonds is 4. The molecule has 1 aliphatic carbocycles. The first-order valence-corrected chi connectivity index (χ1v) is 8.95. The number of halogens is 3. The van der Waals surface area contributed by atoms with Crippen LogP contribution in [-0.4, -0.2) is 22.4 Å². The van der Waals surface area contributed by atoms with E-state index in [1.807, 2.05) is 31.2 Å². The third-order valence-corrected chi connectivity index (χ3v) is 4.03. The Kier molecular flexibility index (Phi) is 6.16. The second kappa shape index (κ2) is 8.76. The molecule has 2 amide bonds. The second-order valence-corrected chi connectivity index (χ2v) is 6.10. The molecule has 2 aromatic rings. The van der Waals surface area contributed by atoms with Crippen molar-refractivity contribution in [3.8, 4) is 5.88 Å². The fraction of sp³-hybridized carbons (Fsp3) is 0.250. The minimum Gasteiger partial charge on any atom is -0.478 e. The lowest BCUT2D eigenvalue weighted by Crippen LogP contribution is -2.20. The number of allylic oxidation sites excluding steroid dienone is 4. The lowest BCUT2D eigenvalue weighted by Gasteiger charge is -2.18. The van der Waals surface area contributed by atoms with Crippen molar-refractivity contribution in [1.82, 2.24) is 9.78 Å². The van der Waals surface area contributed by atoms with Gasteiger partial charge in [0, 0.05) is 6.07 Å². The largest absolute Gasteiger partial charge is 0.478 e. The Bertz CT molecular complexity index is 997. The van der Waals surface area contributed by atoms with E-state index in [2.05, 4.69) is 15.4 Å². The summed E-state index contributed by atoms with van der Waals surface area (Å²) in [6, 6.07) is 5.14. The quantitative estimate of drug-likeness (QED) is 0.764. The van der Waals surface area contributed by atoms with Crippen molar-refractivity contribution in [2.45, 2.75) is 25.6 Å². The minimum absolute atomic E-state index is 0.133. The maximum atomic E-state index is 13.1. The zero-order chi connectivity index (χ0) is 20.9. The van der Waals surface area contributed by atoms with Crippen LogP contribution in [0, 0.1) is 0 Å². The van der Waals surface area contributed by atoms with Gasteiger partial charge in [-0.25, -0.2) is 9.48 Å². The molecule has 0 fully saturated rings. The molecule has 29 heavy (non-hydrogen) atoms. The molecule has 0 saturated carbocycles. The van der Waals surface area contributed by atoms with Crippen molar-refractivity contribution in [3.63, 3.8) is 0 Å². The molecule has 1 heterocycles. The Morgan fingerprint density at radius 1 is 1.31 bits per heavy atom. The van der Waals surface area contributed by atoms with Gasteiger partial charge in [0.15, 0.2) is 0 Å². The van der Waals surface area contributed by atoms with E-state index in [-0.39, 0.29) is 17.1 Å². The van der Waals surface area contributed by atoms with Crippen molar-refractivity contribution >= 4 is 11.7 Å². The Labute approximate surface area is 165 Å². The number of benzene rings is 1. The zero-order valence-corrected chi connectivity index (χ0v) is 15.6. The number of amides is 2. The molecule has 0 bridgehead atoms. The second-order valence-electron chi connectivity index (χ2n) is 6.10. The van der Waals surface area contributed by atoms with Crippen LogP contribution in [0.25, 0.3) is 0 Å².